The molecule has 0 atom stereocenters. The minimum Gasteiger partial charge on any atom is -0.166 e. The molecule has 0 aromatic heterocycles. The van der Waals surface area contributed by atoms with Gasteiger partial charge in [-0.2, -0.15) is 13.2 Å². The van der Waals surface area contributed by atoms with E-state index in [0.29, 0.717) is 0 Å². The number of rotatable bonds is 4. The molecule has 116 valence electrons. The molecule has 0 heterocycles. The van der Waals surface area contributed by atoms with Gasteiger partial charge < -0.3 is 0 Å². The van der Waals surface area contributed by atoms with Crippen LogP contribution in [0.25, 0.3) is 6.08 Å². The van der Waals surface area contributed by atoms with Crippen LogP contribution in [0.3, 0.4) is 0 Å². The monoisotopic (exact) mass is 320 g/mol. The van der Waals surface area contributed by atoms with E-state index >= 15 is 0 Å². The molecule has 0 fully saturated rings. The van der Waals surface area contributed by atoms with Gasteiger partial charge in [-0.05, 0) is 23.7 Å². The van der Waals surface area contributed by atoms with Crippen molar-refractivity contribution in [2.75, 3.05) is 0 Å². The van der Waals surface area contributed by atoms with Gasteiger partial charge in [0, 0.05) is 0 Å². The maximum absolute atomic E-state index is 12.5. The van der Waals surface area contributed by atoms with Crippen LogP contribution in [0.4, 0.5) is 13.2 Å². The van der Waals surface area contributed by atoms with E-state index in [1.165, 1.54) is 17.3 Å². The molecule has 4 heteroatoms. The summed E-state index contributed by atoms with van der Waals surface area (Å²) in [4.78, 5) is 0. The van der Waals surface area contributed by atoms with Gasteiger partial charge in [-0.15, -0.1) is 0 Å². The van der Waals surface area contributed by atoms with Crippen LogP contribution in [0.1, 0.15) is 11.1 Å². The van der Waals surface area contributed by atoms with Crippen molar-refractivity contribution >= 4 is 19.3 Å². The lowest BCUT2D eigenvalue weighted by Crippen LogP contribution is -2.40. The molecule has 0 saturated carbocycles. The highest BCUT2D eigenvalue weighted by atomic mass is 28.3. The number of benzene rings is 2. The molecule has 0 aliphatic heterocycles. The normalized spacial score (nSPS) is 12.8. The summed E-state index contributed by atoms with van der Waals surface area (Å²) >= 11 is 0. The van der Waals surface area contributed by atoms with E-state index in [2.05, 4.69) is 31.3 Å². The quantitative estimate of drug-likeness (QED) is 0.668. The molecular weight excluding hydrogens is 301 g/mol. The molecule has 0 spiro atoms. The Balaban J connectivity index is 2.03. The lowest BCUT2D eigenvalue weighted by atomic mass is 10.1. The molecule has 2 rings (SSSR count). The Morgan fingerprint density at radius 2 is 1.50 bits per heavy atom. The van der Waals surface area contributed by atoms with Crippen LogP contribution >= 0.6 is 0 Å². The zero-order valence-electron chi connectivity index (χ0n) is 12.7. The smallest absolute Gasteiger partial charge is 0.166 e. The third-order valence-corrected chi connectivity index (χ3v) is 6.88. The minimum absolute atomic E-state index is 0.608. The van der Waals surface area contributed by atoms with Crippen LogP contribution in [0.5, 0.6) is 0 Å². The number of alkyl halides is 3. The third kappa shape index (κ3) is 4.34. The molecule has 0 bridgehead atoms. The predicted molar refractivity (Wildman–Crippen MR) is 88.8 cm³/mol. The van der Waals surface area contributed by atoms with E-state index in [0.717, 1.165) is 23.7 Å². The average Bonchev–Trinajstić information content (AvgIpc) is 2.48. The van der Waals surface area contributed by atoms with Gasteiger partial charge in [0.05, 0.1) is 13.6 Å². The van der Waals surface area contributed by atoms with Crippen LogP contribution in [0, 0.1) is 0 Å². The minimum atomic E-state index is -4.27. The lowest BCUT2D eigenvalue weighted by molar-refractivity contribution is -0.137. The Hall–Kier alpha value is -1.81. The summed E-state index contributed by atoms with van der Waals surface area (Å²) in [5.41, 5.74) is 0.189. The Kier molecular flexibility index (Phi) is 4.91. The fourth-order valence-corrected chi connectivity index (χ4v) is 4.32. The first-order valence-corrected chi connectivity index (χ1v) is 10.4. The first-order chi connectivity index (χ1) is 10.3. The Morgan fingerprint density at radius 1 is 0.909 bits per heavy atom. The number of hydrogen-bond acceptors (Lipinski definition) is 0. The van der Waals surface area contributed by atoms with Crippen molar-refractivity contribution in [3.63, 3.8) is 0 Å². The maximum atomic E-state index is 12.5. The van der Waals surface area contributed by atoms with E-state index in [9.17, 15) is 13.2 Å². The van der Waals surface area contributed by atoms with Gasteiger partial charge in [0.25, 0.3) is 0 Å². The standard InChI is InChI=1S/C18H19F3Si/c1-22(2,17-8-4-3-5-9-17)14-6-7-15-10-12-16(13-11-15)18(19,20)21/h3-13H,14H2,1-2H3/b7-6+. The second-order valence-electron chi connectivity index (χ2n) is 5.98. The molecular formula is C18H19F3Si. The molecule has 2 aromatic rings. The van der Waals surface area contributed by atoms with Gasteiger partial charge in [0.15, 0.2) is 0 Å². The van der Waals surface area contributed by atoms with Gasteiger partial charge in [0.1, 0.15) is 0 Å². The molecule has 0 radical (unpaired) electrons. The first-order valence-electron chi connectivity index (χ1n) is 7.18. The first kappa shape index (κ1) is 16.6. The SMILES string of the molecule is C[Si](C)(C/C=C/c1ccc(C(F)(F)F)cc1)c1ccccc1. The van der Waals surface area contributed by atoms with Gasteiger partial charge in [-0.25, -0.2) is 0 Å². The zero-order valence-corrected chi connectivity index (χ0v) is 13.7. The summed E-state index contributed by atoms with van der Waals surface area (Å²) in [5, 5.41) is 1.38. The molecule has 0 aliphatic carbocycles. The van der Waals surface area contributed by atoms with Crippen molar-refractivity contribution < 1.29 is 13.2 Å². The molecule has 0 N–H and O–H groups in total. The molecule has 0 nitrogen and oxygen atoms in total. The molecule has 0 saturated heterocycles. The summed E-state index contributed by atoms with van der Waals surface area (Å²) < 4.78 is 37.5. The Bertz CT molecular complexity index is 626. The fraction of sp³-hybridized carbons (Fsp3) is 0.222. The highest BCUT2D eigenvalue weighted by Gasteiger charge is 2.29. The molecule has 0 aliphatic rings. The number of allylic oxidation sites excluding steroid dienone is 1. The number of hydrogen-bond donors (Lipinski definition) is 0. The van der Waals surface area contributed by atoms with Crippen molar-refractivity contribution in [3.8, 4) is 0 Å². The van der Waals surface area contributed by atoms with E-state index < -0.39 is 19.8 Å². The largest absolute Gasteiger partial charge is 0.416 e. The van der Waals surface area contributed by atoms with Gasteiger partial charge >= 0.3 is 6.18 Å². The van der Waals surface area contributed by atoms with Gasteiger partial charge in [-0.1, -0.05) is 72.9 Å². The fourth-order valence-electron chi connectivity index (χ4n) is 2.28. The molecule has 2 aromatic carbocycles. The molecule has 22 heavy (non-hydrogen) atoms. The second-order valence-corrected chi connectivity index (χ2v) is 10.7. The summed E-state index contributed by atoms with van der Waals surface area (Å²) in [6.45, 7) is 4.58. The van der Waals surface area contributed by atoms with Crippen molar-refractivity contribution in [3.05, 3.63) is 71.8 Å². The van der Waals surface area contributed by atoms with Crippen LogP contribution in [-0.2, 0) is 6.18 Å². The van der Waals surface area contributed by atoms with Crippen molar-refractivity contribution in [2.24, 2.45) is 0 Å². The van der Waals surface area contributed by atoms with Crippen LogP contribution < -0.4 is 5.19 Å². The van der Waals surface area contributed by atoms with Crippen LogP contribution in [0.2, 0.25) is 19.1 Å². The molecule has 0 unspecified atom stereocenters. The van der Waals surface area contributed by atoms with Crippen molar-refractivity contribution in [2.45, 2.75) is 25.3 Å². The second kappa shape index (κ2) is 6.52. The third-order valence-electron chi connectivity index (χ3n) is 3.73. The Labute approximate surface area is 130 Å². The predicted octanol–water partition coefficient (Wildman–Crippen LogP) is 5.33. The summed E-state index contributed by atoms with van der Waals surface area (Å²) in [6, 6.07) is 16.6. The van der Waals surface area contributed by atoms with E-state index in [1.54, 1.807) is 0 Å². The van der Waals surface area contributed by atoms with Crippen molar-refractivity contribution in [1.29, 1.82) is 0 Å². The average molecular weight is 320 g/mol. The maximum Gasteiger partial charge on any atom is 0.416 e. The lowest BCUT2D eigenvalue weighted by Gasteiger charge is -2.20. The van der Waals surface area contributed by atoms with E-state index in [4.69, 9.17) is 0 Å². The Morgan fingerprint density at radius 3 is 2.05 bits per heavy atom. The summed E-state index contributed by atoms with van der Waals surface area (Å²) in [5.74, 6) is 0. The number of halogens is 3. The van der Waals surface area contributed by atoms with Gasteiger partial charge in [-0.3, -0.25) is 0 Å². The zero-order chi connectivity index (χ0) is 16.2. The van der Waals surface area contributed by atoms with Crippen molar-refractivity contribution in [1.82, 2.24) is 0 Å². The highest BCUT2D eigenvalue weighted by molar-refractivity contribution is 6.90. The van der Waals surface area contributed by atoms with Gasteiger partial charge in [0.2, 0.25) is 0 Å². The van der Waals surface area contributed by atoms with Crippen LogP contribution in [-0.4, -0.2) is 8.07 Å². The molecule has 0 amide bonds. The van der Waals surface area contributed by atoms with Crippen LogP contribution in [0.15, 0.2) is 60.7 Å². The van der Waals surface area contributed by atoms with E-state index in [1.807, 2.05) is 24.3 Å². The van der Waals surface area contributed by atoms with E-state index in [-0.39, 0.29) is 0 Å². The summed E-state index contributed by atoms with van der Waals surface area (Å²) in [7, 11) is -1.54. The summed E-state index contributed by atoms with van der Waals surface area (Å²) in [6.07, 6.45) is -0.301. The topological polar surface area (TPSA) is 0 Å². The highest BCUT2D eigenvalue weighted by Crippen LogP contribution is 2.29.